The normalized spacial score (nSPS) is 10.3. The van der Waals surface area contributed by atoms with Crippen molar-refractivity contribution < 1.29 is 20.1 Å². The average Bonchev–Trinajstić information content (AvgIpc) is 2.69. The molecule has 0 aliphatic rings. The molecule has 0 aromatic heterocycles. The van der Waals surface area contributed by atoms with E-state index in [0.29, 0.717) is 10.8 Å². The summed E-state index contributed by atoms with van der Waals surface area (Å²) in [5.41, 5.74) is -0.521. The fourth-order valence-corrected chi connectivity index (χ4v) is 2.78. The highest BCUT2D eigenvalue weighted by Crippen LogP contribution is 2.34. The minimum absolute atomic E-state index is 0.260. The summed E-state index contributed by atoms with van der Waals surface area (Å²) in [6, 6.07) is 19.8. The van der Waals surface area contributed by atoms with Crippen LogP contribution in [0.25, 0.3) is 21.5 Å². The molecule has 0 bridgehead atoms. The van der Waals surface area contributed by atoms with Crippen molar-refractivity contribution in [1.82, 2.24) is 0 Å². The Morgan fingerprint density at radius 1 is 0.571 bits per heavy atom. The summed E-state index contributed by atoms with van der Waals surface area (Å²) >= 11 is 0. The minimum Gasteiger partial charge on any atom is -0.502 e. The van der Waals surface area contributed by atoms with E-state index >= 15 is 0 Å². The minimum atomic E-state index is -0.595. The number of nitro groups is 2. The second-order valence-electron chi connectivity index (χ2n) is 5.82. The van der Waals surface area contributed by atoms with E-state index in [1.807, 2.05) is 12.1 Å². The van der Waals surface area contributed by atoms with Crippen molar-refractivity contribution in [3.8, 4) is 11.5 Å². The number of rotatable bonds is 2. The summed E-state index contributed by atoms with van der Waals surface area (Å²) < 4.78 is 0. The zero-order valence-electron chi connectivity index (χ0n) is 14.4. The molecule has 0 aliphatic heterocycles. The Bertz CT molecular complexity index is 1110. The Kier molecular flexibility index (Phi) is 5.03. The van der Waals surface area contributed by atoms with Gasteiger partial charge in [-0.1, -0.05) is 48.5 Å². The number of phenols is 2. The summed E-state index contributed by atoms with van der Waals surface area (Å²) in [4.78, 5) is 19.8. The molecule has 0 amide bonds. The lowest BCUT2D eigenvalue weighted by atomic mass is 10.1. The Labute approximate surface area is 158 Å². The Hall–Kier alpha value is -4.20. The van der Waals surface area contributed by atoms with Crippen LogP contribution in [0.4, 0.5) is 11.4 Å². The molecule has 0 saturated heterocycles. The van der Waals surface area contributed by atoms with Crippen LogP contribution in [0.1, 0.15) is 0 Å². The largest absolute Gasteiger partial charge is 0.502 e. The van der Waals surface area contributed by atoms with Gasteiger partial charge in [0.2, 0.25) is 11.5 Å². The predicted octanol–water partition coefficient (Wildman–Crippen LogP) is 4.91. The summed E-state index contributed by atoms with van der Waals surface area (Å²) in [6.07, 6.45) is 0. The molecule has 8 nitrogen and oxygen atoms in total. The third kappa shape index (κ3) is 3.51. The third-order valence-electron chi connectivity index (χ3n) is 4.15. The number of nitrogens with zero attached hydrogens (tertiary/aromatic N) is 2. The van der Waals surface area contributed by atoms with Crippen LogP contribution in [0.3, 0.4) is 0 Å². The molecule has 0 atom stereocenters. The van der Waals surface area contributed by atoms with Crippen molar-refractivity contribution in [3.63, 3.8) is 0 Å². The van der Waals surface area contributed by atoms with Crippen LogP contribution in [0.5, 0.6) is 11.5 Å². The first kappa shape index (κ1) is 18.6. The number of hydrogen-bond acceptors (Lipinski definition) is 6. The van der Waals surface area contributed by atoms with Gasteiger partial charge in [0.15, 0.2) is 0 Å². The van der Waals surface area contributed by atoms with Crippen molar-refractivity contribution in [1.29, 1.82) is 0 Å². The summed E-state index contributed by atoms with van der Waals surface area (Å²) in [5.74, 6) is -0.541. The molecule has 4 rings (SSSR count). The molecule has 28 heavy (non-hydrogen) atoms. The molecule has 2 N–H and O–H groups in total. The number of aromatic hydroxyl groups is 2. The molecule has 0 unspecified atom stereocenters. The molecule has 140 valence electrons. The first-order valence-electron chi connectivity index (χ1n) is 8.10. The quantitative estimate of drug-likeness (QED) is 0.377. The van der Waals surface area contributed by atoms with E-state index in [-0.39, 0.29) is 22.9 Å². The van der Waals surface area contributed by atoms with Gasteiger partial charge in [-0.2, -0.15) is 0 Å². The molecule has 0 fully saturated rings. The van der Waals surface area contributed by atoms with Crippen molar-refractivity contribution >= 4 is 32.9 Å². The molecule has 0 saturated carbocycles. The first-order valence-corrected chi connectivity index (χ1v) is 8.10. The van der Waals surface area contributed by atoms with Gasteiger partial charge in [0, 0.05) is 22.9 Å². The van der Waals surface area contributed by atoms with Crippen LogP contribution in [-0.2, 0) is 0 Å². The summed E-state index contributed by atoms with van der Waals surface area (Å²) in [7, 11) is 0. The Morgan fingerprint density at radius 3 is 1.29 bits per heavy atom. The van der Waals surface area contributed by atoms with Gasteiger partial charge in [-0.05, 0) is 22.9 Å². The molecule has 4 aromatic rings. The number of hydrogen-bond donors (Lipinski definition) is 2. The number of fused-ring (bicyclic) bond motifs is 2. The van der Waals surface area contributed by atoms with Crippen LogP contribution >= 0.6 is 0 Å². The predicted molar refractivity (Wildman–Crippen MR) is 105 cm³/mol. The van der Waals surface area contributed by atoms with Crippen molar-refractivity contribution in [2.75, 3.05) is 0 Å². The van der Waals surface area contributed by atoms with Gasteiger partial charge < -0.3 is 10.2 Å². The van der Waals surface area contributed by atoms with E-state index in [2.05, 4.69) is 0 Å². The van der Waals surface area contributed by atoms with Crippen LogP contribution in [0.15, 0.2) is 72.8 Å². The summed E-state index contributed by atoms with van der Waals surface area (Å²) in [6.45, 7) is 0. The first-order chi connectivity index (χ1) is 13.4. The van der Waals surface area contributed by atoms with E-state index in [1.165, 1.54) is 12.1 Å². The molecular formula is C20H14N2O6. The maximum Gasteiger partial charge on any atom is 0.311 e. The molecule has 4 aromatic carbocycles. The van der Waals surface area contributed by atoms with Gasteiger partial charge in [-0.15, -0.1) is 0 Å². The van der Waals surface area contributed by atoms with Gasteiger partial charge in [0.1, 0.15) is 0 Å². The van der Waals surface area contributed by atoms with E-state index in [1.54, 1.807) is 48.5 Å². The molecular weight excluding hydrogens is 364 g/mol. The van der Waals surface area contributed by atoms with E-state index in [9.17, 15) is 30.4 Å². The second kappa shape index (κ2) is 7.58. The second-order valence-corrected chi connectivity index (χ2v) is 5.82. The van der Waals surface area contributed by atoms with Gasteiger partial charge >= 0.3 is 11.4 Å². The van der Waals surface area contributed by atoms with Gasteiger partial charge in [-0.25, -0.2) is 0 Å². The van der Waals surface area contributed by atoms with Gasteiger partial charge in [0.25, 0.3) is 0 Å². The molecule has 8 heteroatoms. The Balaban J connectivity index is 0.000000161. The monoisotopic (exact) mass is 378 g/mol. The van der Waals surface area contributed by atoms with Gasteiger partial charge in [0.05, 0.1) is 9.85 Å². The number of benzene rings is 4. The third-order valence-corrected chi connectivity index (χ3v) is 4.15. The van der Waals surface area contributed by atoms with E-state index in [0.717, 1.165) is 10.8 Å². The van der Waals surface area contributed by atoms with Gasteiger partial charge in [-0.3, -0.25) is 20.2 Å². The van der Waals surface area contributed by atoms with Crippen molar-refractivity contribution in [2.24, 2.45) is 0 Å². The number of phenolic OH excluding ortho intramolecular Hbond substituents is 2. The van der Waals surface area contributed by atoms with Crippen LogP contribution in [0.2, 0.25) is 0 Å². The van der Waals surface area contributed by atoms with E-state index < -0.39 is 9.85 Å². The molecule has 0 aliphatic carbocycles. The van der Waals surface area contributed by atoms with Crippen LogP contribution in [0, 0.1) is 20.2 Å². The van der Waals surface area contributed by atoms with Crippen molar-refractivity contribution in [3.05, 3.63) is 93.0 Å². The fraction of sp³-hybridized carbons (Fsp3) is 0. The standard InChI is InChI=1S/2C10H7NO3/c2*12-10-8-4-2-1-3-7(8)5-6-9(10)11(13)14/h2*1-6,12H. The van der Waals surface area contributed by atoms with Crippen LogP contribution in [-0.4, -0.2) is 20.1 Å². The lowest BCUT2D eigenvalue weighted by Gasteiger charge is -2.00. The lowest BCUT2D eigenvalue weighted by molar-refractivity contribution is -0.385. The van der Waals surface area contributed by atoms with Crippen LogP contribution < -0.4 is 0 Å². The lowest BCUT2D eigenvalue weighted by Crippen LogP contribution is -1.88. The smallest absolute Gasteiger partial charge is 0.311 e. The Morgan fingerprint density at radius 2 is 0.929 bits per heavy atom. The number of nitro benzene ring substituents is 2. The molecule has 0 radical (unpaired) electrons. The molecule has 0 spiro atoms. The average molecular weight is 378 g/mol. The maximum absolute atomic E-state index is 10.5. The summed E-state index contributed by atoms with van der Waals surface area (Å²) in [5, 5.41) is 42.8. The zero-order chi connectivity index (χ0) is 20.3. The highest BCUT2D eigenvalue weighted by Gasteiger charge is 2.15. The highest BCUT2D eigenvalue weighted by molar-refractivity contribution is 5.92. The van der Waals surface area contributed by atoms with E-state index in [4.69, 9.17) is 0 Å². The topological polar surface area (TPSA) is 127 Å². The highest BCUT2D eigenvalue weighted by atomic mass is 16.6. The van der Waals surface area contributed by atoms with Crippen molar-refractivity contribution in [2.45, 2.75) is 0 Å². The SMILES string of the molecule is O=[N+]([O-])c1ccc2ccccc2c1O.O=[N+]([O-])c1ccc2ccccc2c1O. The zero-order valence-corrected chi connectivity index (χ0v) is 14.4. The fourth-order valence-electron chi connectivity index (χ4n) is 2.78. The maximum atomic E-state index is 10.5. The molecule has 0 heterocycles.